The molecule has 4 nitrogen and oxygen atoms in total. The summed E-state index contributed by atoms with van der Waals surface area (Å²) in [7, 11) is 0. The van der Waals surface area contributed by atoms with E-state index in [0.29, 0.717) is 11.6 Å². The average molecular weight is 458 g/mol. The molecule has 2 unspecified atom stereocenters. The molecule has 2 aromatic carbocycles. The van der Waals surface area contributed by atoms with E-state index in [1.54, 1.807) is 18.2 Å². The molecule has 0 amide bonds. The topological polar surface area (TPSA) is 48.4 Å². The fourth-order valence-electron chi connectivity index (χ4n) is 3.63. The minimum atomic E-state index is -0.359. The van der Waals surface area contributed by atoms with Gasteiger partial charge in [0.25, 0.3) is 0 Å². The van der Waals surface area contributed by atoms with Gasteiger partial charge in [0.2, 0.25) is 5.88 Å². The minimum absolute atomic E-state index is 0.0554. The highest BCUT2D eigenvalue weighted by atomic mass is 35.5. The summed E-state index contributed by atoms with van der Waals surface area (Å²) in [6.07, 6.45) is 1.66. The molecule has 1 heterocycles. The van der Waals surface area contributed by atoms with Crippen molar-refractivity contribution in [2.75, 3.05) is 0 Å². The Bertz CT molecular complexity index is 1070. The Kier molecular flexibility index (Phi) is 7.94. The lowest BCUT2D eigenvalue weighted by Gasteiger charge is -2.23. The lowest BCUT2D eigenvalue weighted by atomic mass is 9.84. The summed E-state index contributed by atoms with van der Waals surface area (Å²) in [5.74, 6) is 0.416. The number of hydrogen-bond donors (Lipinski definition) is 0. The van der Waals surface area contributed by atoms with Gasteiger partial charge in [0.15, 0.2) is 0 Å². The maximum atomic E-state index is 12.7. The lowest BCUT2D eigenvalue weighted by Crippen LogP contribution is -2.28. The standard InChI is InChI=1S/C25H25Cl2NO3/c1-16(2)24(17(3)14-22(26)27)25(29)30-15-19-10-7-13-23(28-19)31-21-12-6-9-18-8-4-5-11-20(18)21/h4-14,16-17,24H,15H2,1-3H3. The molecule has 0 saturated heterocycles. The molecule has 0 aliphatic heterocycles. The highest BCUT2D eigenvalue weighted by Crippen LogP contribution is 2.29. The second-order valence-corrected chi connectivity index (χ2v) is 8.75. The van der Waals surface area contributed by atoms with Crippen molar-refractivity contribution in [2.24, 2.45) is 17.8 Å². The van der Waals surface area contributed by atoms with Crippen LogP contribution in [0.2, 0.25) is 0 Å². The maximum Gasteiger partial charge on any atom is 0.310 e. The molecule has 3 aromatic rings. The van der Waals surface area contributed by atoms with Crippen LogP contribution in [0.25, 0.3) is 10.8 Å². The normalized spacial score (nSPS) is 13.0. The molecule has 0 aliphatic rings. The number of fused-ring (bicyclic) bond motifs is 1. The van der Waals surface area contributed by atoms with Gasteiger partial charge in [-0.25, -0.2) is 4.98 Å². The monoisotopic (exact) mass is 457 g/mol. The first-order valence-corrected chi connectivity index (χ1v) is 10.9. The Morgan fingerprint density at radius 1 is 1.00 bits per heavy atom. The Balaban J connectivity index is 1.70. The fourth-order valence-corrected chi connectivity index (χ4v) is 4.03. The number of rotatable bonds is 8. The lowest BCUT2D eigenvalue weighted by molar-refractivity contribution is -0.153. The highest BCUT2D eigenvalue weighted by molar-refractivity contribution is 6.55. The number of benzene rings is 2. The maximum absolute atomic E-state index is 12.7. The third kappa shape index (κ3) is 6.22. The summed E-state index contributed by atoms with van der Waals surface area (Å²) >= 11 is 11.5. The SMILES string of the molecule is CC(C)C(C(=O)OCc1cccc(Oc2cccc3ccccc23)n1)C(C)C=C(Cl)Cl. The molecule has 1 aromatic heterocycles. The van der Waals surface area contributed by atoms with Gasteiger partial charge in [-0.05, 0) is 29.4 Å². The van der Waals surface area contributed by atoms with Crippen LogP contribution in [0, 0.1) is 17.8 Å². The Hall–Kier alpha value is -2.56. The van der Waals surface area contributed by atoms with E-state index in [0.717, 1.165) is 16.5 Å². The molecule has 0 fully saturated rings. The van der Waals surface area contributed by atoms with Crippen molar-refractivity contribution in [2.45, 2.75) is 27.4 Å². The molecule has 0 saturated carbocycles. The van der Waals surface area contributed by atoms with Gasteiger partial charge < -0.3 is 9.47 Å². The van der Waals surface area contributed by atoms with Crippen LogP contribution < -0.4 is 4.74 Å². The molecule has 0 radical (unpaired) electrons. The van der Waals surface area contributed by atoms with E-state index >= 15 is 0 Å². The van der Waals surface area contributed by atoms with Gasteiger partial charge in [-0.3, -0.25) is 4.79 Å². The predicted octanol–water partition coefficient (Wildman–Crippen LogP) is 7.30. The third-order valence-corrected chi connectivity index (χ3v) is 5.31. The molecular weight excluding hydrogens is 433 g/mol. The number of halogens is 2. The second-order valence-electron chi connectivity index (χ2n) is 7.74. The molecule has 0 spiro atoms. The fraction of sp³-hybridized carbons (Fsp3) is 0.280. The van der Waals surface area contributed by atoms with Gasteiger partial charge in [-0.15, -0.1) is 0 Å². The van der Waals surface area contributed by atoms with Crippen LogP contribution in [0.3, 0.4) is 0 Å². The van der Waals surface area contributed by atoms with Crippen molar-refractivity contribution in [3.05, 3.63) is 76.9 Å². The summed E-state index contributed by atoms with van der Waals surface area (Å²) < 4.78 is 11.7. The van der Waals surface area contributed by atoms with Crippen molar-refractivity contribution < 1.29 is 14.3 Å². The van der Waals surface area contributed by atoms with Gasteiger partial charge in [-0.2, -0.15) is 0 Å². The minimum Gasteiger partial charge on any atom is -0.459 e. The second kappa shape index (κ2) is 10.7. The molecule has 31 heavy (non-hydrogen) atoms. The number of pyridine rings is 1. The first-order valence-electron chi connectivity index (χ1n) is 10.2. The van der Waals surface area contributed by atoms with Crippen LogP contribution in [-0.4, -0.2) is 11.0 Å². The molecule has 0 N–H and O–H groups in total. The van der Waals surface area contributed by atoms with Crippen LogP contribution >= 0.6 is 23.2 Å². The smallest absolute Gasteiger partial charge is 0.310 e. The molecule has 0 bridgehead atoms. The van der Waals surface area contributed by atoms with Crippen LogP contribution in [0.4, 0.5) is 0 Å². The zero-order valence-corrected chi connectivity index (χ0v) is 19.2. The van der Waals surface area contributed by atoms with Crippen LogP contribution in [0.15, 0.2) is 71.2 Å². The number of carbonyl (C=O) groups is 1. The van der Waals surface area contributed by atoms with Crippen molar-refractivity contribution in [1.82, 2.24) is 4.98 Å². The number of ether oxygens (including phenoxy) is 2. The van der Waals surface area contributed by atoms with Gasteiger partial charge in [-0.1, -0.05) is 92.5 Å². The number of carbonyl (C=O) groups excluding carboxylic acids is 1. The van der Waals surface area contributed by atoms with Gasteiger partial charge in [0.1, 0.15) is 16.8 Å². The van der Waals surface area contributed by atoms with Crippen LogP contribution in [0.1, 0.15) is 26.5 Å². The predicted molar refractivity (Wildman–Crippen MR) is 125 cm³/mol. The van der Waals surface area contributed by atoms with E-state index in [-0.39, 0.29) is 34.8 Å². The van der Waals surface area contributed by atoms with E-state index in [1.807, 2.05) is 69.3 Å². The highest BCUT2D eigenvalue weighted by Gasteiger charge is 2.29. The van der Waals surface area contributed by atoms with Gasteiger partial charge >= 0.3 is 5.97 Å². The van der Waals surface area contributed by atoms with Crippen molar-refractivity contribution in [3.63, 3.8) is 0 Å². The van der Waals surface area contributed by atoms with Crippen molar-refractivity contribution in [3.8, 4) is 11.6 Å². The Morgan fingerprint density at radius 2 is 1.71 bits per heavy atom. The number of nitrogens with zero attached hydrogens (tertiary/aromatic N) is 1. The first-order chi connectivity index (χ1) is 14.8. The average Bonchev–Trinajstić information content (AvgIpc) is 2.72. The van der Waals surface area contributed by atoms with E-state index in [4.69, 9.17) is 32.7 Å². The van der Waals surface area contributed by atoms with Crippen LogP contribution in [-0.2, 0) is 16.1 Å². The number of hydrogen-bond acceptors (Lipinski definition) is 4. The van der Waals surface area contributed by atoms with E-state index in [2.05, 4.69) is 4.98 Å². The summed E-state index contributed by atoms with van der Waals surface area (Å²) in [6.45, 7) is 5.89. The molecule has 2 atom stereocenters. The number of aromatic nitrogens is 1. The molecule has 3 rings (SSSR count). The molecule has 162 valence electrons. The van der Waals surface area contributed by atoms with E-state index in [1.165, 1.54) is 0 Å². The molecule has 6 heteroatoms. The van der Waals surface area contributed by atoms with E-state index < -0.39 is 0 Å². The van der Waals surface area contributed by atoms with Crippen LogP contribution in [0.5, 0.6) is 11.6 Å². The van der Waals surface area contributed by atoms with Crippen molar-refractivity contribution >= 4 is 39.9 Å². The van der Waals surface area contributed by atoms with Crippen molar-refractivity contribution in [1.29, 1.82) is 0 Å². The Morgan fingerprint density at radius 3 is 2.45 bits per heavy atom. The third-order valence-electron chi connectivity index (χ3n) is 5.05. The number of esters is 1. The molecule has 0 aliphatic carbocycles. The van der Waals surface area contributed by atoms with E-state index in [9.17, 15) is 4.79 Å². The number of allylic oxidation sites excluding steroid dienone is 1. The summed E-state index contributed by atoms with van der Waals surface area (Å²) in [5, 5.41) is 2.09. The summed E-state index contributed by atoms with van der Waals surface area (Å²) in [6, 6.07) is 19.3. The molecular formula is C25H25Cl2NO3. The van der Waals surface area contributed by atoms with Gasteiger partial charge in [0, 0.05) is 11.5 Å². The zero-order valence-electron chi connectivity index (χ0n) is 17.7. The largest absolute Gasteiger partial charge is 0.459 e. The van der Waals surface area contributed by atoms with Gasteiger partial charge in [0.05, 0.1) is 11.6 Å². The first kappa shape index (κ1) is 23.1. The zero-order chi connectivity index (χ0) is 22.4. The quantitative estimate of drug-likeness (QED) is 0.333. The Labute approximate surface area is 192 Å². The summed E-state index contributed by atoms with van der Waals surface area (Å²) in [4.78, 5) is 17.2. The summed E-state index contributed by atoms with van der Waals surface area (Å²) in [5.41, 5.74) is 0.604.